The summed E-state index contributed by atoms with van der Waals surface area (Å²) in [6.07, 6.45) is 3.61. The monoisotopic (exact) mass is 415 g/mol. The molecule has 0 amide bonds. The molecule has 1 N–H and O–H groups in total. The van der Waals surface area contributed by atoms with E-state index >= 15 is 0 Å². The van der Waals surface area contributed by atoms with Crippen LogP contribution in [0.25, 0.3) is 11.1 Å². The van der Waals surface area contributed by atoms with Gasteiger partial charge in [0.1, 0.15) is 6.61 Å². The van der Waals surface area contributed by atoms with Crippen molar-refractivity contribution >= 4 is 6.16 Å². The zero-order chi connectivity index (χ0) is 21.7. The second-order valence-electron chi connectivity index (χ2n) is 7.65. The van der Waals surface area contributed by atoms with Crippen LogP contribution < -0.4 is 4.74 Å². The van der Waals surface area contributed by atoms with E-state index in [0.717, 1.165) is 54.5 Å². The van der Waals surface area contributed by atoms with Crippen LogP contribution in [0.5, 0.6) is 11.6 Å². The summed E-state index contributed by atoms with van der Waals surface area (Å²) >= 11 is 0. The molecule has 2 aromatic rings. The van der Waals surface area contributed by atoms with Crippen LogP contribution in [0, 0.1) is 6.92 Å². The topological polar surface area (TPSA) is 69.9 Å². The van der Waals surface area contributed by atoms with Crippen molar-refractivity contribution in [2.75, 3.05) is 19.8 Å². The quantitative estimate of drug-likeness (QED) is 0.475. The van der Waals surface area contributed by atoms with Gasteiger partial charge in [-0.1, -0.05) is 31.5 Å². The van der Waals surface area contributed by atoms with E-state index in [1.165, 1.54) is 5.56 Å². The highest BCUT2D eigenvalue weighted by Crippen LogP contribution is 2.48. The SMILES string of the molecule is CCOCCOC(=O)Oc1c(-c2c(CC)cc(C)cc2CC)c(O)n2c1CCCC2. The smallest absolute Gasteiger partial charge is 0.494 e. The van der Waals surface area contributed by atoms with Gasteiger partial charge in [0.15, 0.2) is 5.75 Å². The Balaban J connectivity index is 2.07. The van der Waals surface area contributed by atoms with E-state index < -0.39 is 6.16 Å². The zero-order valence-corrected chi connectivity index (χ0v) is 18.5. The van der Waals surface area contributed by atoms with Crippen LogP contribution in [0.15, 0.2) is 12.1 Å². The molecule has 0 bridgehead atoms. The molecule has 1 aliphatic rings. The predicted octanol–water partition coefficient (Wildman–Crippen LogP) is 5.18. The molecule has 2 heterocycles. The predicted molar refractivity (Wildman–Crippen MR) is 116 cm³/mol. The highest BCUT2D eigenvalue weighted by molar-refractivity contribution is 5.85. The lowest BCUT2D eigenvalue weighted by atomic mass is 9.90. The Labute approximate surface area is 178 Å². The first kappa shape index (κ1) is 22.2. The van der Waals surface area contributed by atoms with Gasteiger partial charge in [-0.25, -0.2) is 4.79 Å². The van der Waals surface area contributed by atoms with Gasteiger partial charge in [-0.3, -0.25) is 0 Å². The fraction of sp³-hybridized carbons (Fsp3) is 0.542. The normalized spacial score (nSPS) is 13.2. The molecule has 1 aliphatic heterocycles. The number of hydrogen-bond donors (Lipinski definition) is 1. The largest absolute Gasteiger partial charge is 0.514 e. The van der Waals surface area contributed by atoms with Gasteiger partial charge in [0.2, 0.25) is 5.88 Å². The van der Waals surface area contributed by atoms with Crippen molar-refractivity contribution in [2.24, 2.45) is 0 Å². The maximum Gasteiger partial charge on any atom is 0.514 e. The molecule has 0 saturated carbocycles. The number of rotatable bonds is 8. The average molecular weight is 416 g/mol. The third-order valence-electron chi connectivity index (χ3n) is 5.63. The van der Waals surface area contributed by atoms with E-state index in [-0.39, 0.29) is 12.5 Å². The molecular weight excluding hydrogens is 382 g/mol. The van der Waals surface area contributed by atoms with Crippen molar-refractivity contribution in [1.29, 1.82) is 0 Å². The van der Waals surface area contributed by atoms with Gasteiger partial charge in [0, 0.05) is 13.2 Å². The van der Waals surface area contributed by atoms with Crippen LogP contribution in [0.3, 0.4) is 0 Å². The number of aryl methyl sites for hydroxylation is 3. The van der Waals surface area contributed by atoms with Gasteiger partial charge >= 0.3 is 6.16 Å². The Bertz CT molecular complexity index is 874. The Kier molecular flexibility index (Phi) is 7.43. The summed E-state index contributed by atoms with van der Waals surface area (Å²) in [7, 11) is 0. The third kappa shape index (κ3) is 4.48. The first-order chi connectivity index (χ1) is 14.5. The van der Waals surface area contributed by atoms with E-state index in [1.54, 1.807) is 0 Å². The number of hydrogen-bond acceptors (Lipinski definition) is 5. The number of carbonyl (C=O) groups is 1. The first-order valence-electron chi connectivity index (χ1n) is 11.0. The number of aromatic nitrogens is 1. The van der Waals surface area contributed by atoms with Crippen LogP contribution in [0.1, 0.15) is 56.0 Å². The maximum atomic E-state index is 12.4. The lowest BCUT2D eigenvalue weighted by molar-refractivity contribution is 0.0559. The molecule has 0 saturated heterocycles. The van der Waals surface area contributed by atoms with Gasteiger partial charge in [-0.2, -0.15) is 0 Å². The van der Waals surface area contributed by atoms with Gasteiger partial charge in [0.25, 0.3) is 0 Å². The Morgan fingerprint density at radius 3 is 2.40 bits per heavy atom. The van der Waals surface area contributed by atoms with Crippen molar-refractivity contribution in [1.82, 2.24) is 4.57 Å². The molecule has 0 fully saturated rings. The first-order valence-corrected chi connectivity index (χ1v) is 11.0. The number of ether oxygens (including phenoxy) is 3. The molecule has 1 aromatic heterocycles. The number of fused-ring (bicyclic) bond motifs is 1. The van der Waals surface area contributed by atoms with Gasteiger partial charge in [0.05, 0.1) is 17.9 Å². The molecule has 0 aliphatic carbocycles. The maximum absolute atomic E-state index is 12.4. The molecule has 0 radical (unpaired) electrons. The summed E-state index contributed by atoms with van der Waals surface area (Å²) in [5.74, 6) is 0.608. The molecular formula is C24H33NO5. The zero-order valence-electron chi connectivity index (χ0n) is 18.5. The molecule has 6 heteroatoms. The van der Waals surface area contributed by atoms with E-state index in [1.807, 2.05) is 11.5 Å². The standard InChI is InChI=1S/C24H33NO5/c1-5-17-14-16(4)15-18(6-2)20(17)21-22(30-24(27)29-13-12-28-7-3)19-10-8-9-11-25(19)23(21)26/h14-15,26H,5-13H2,1-4H3. The Hall–Kier alpha value is -2.47. The van der Waals surface area contributed by atoms with Crippen molar-refractivity contribution in [2.45, 2.75) is 66.3 Å². The van der Waals surface area contributed by atoms with E-state index in [9.17, 15) is 9.90 Å². The van der Waals surface area contributed by atoms with Crippen LogP contribution in [0.2, 0.25) is 0 Å². The number of nitrogens with zero attached hydrogens (tertiary/aromatic N) is 1. The molecule has 6 nitrogen and oxygen atoms in total. The lowest BCUT2D eigenvalue weighted by Crippen LogP contribution is -2.16. The fourth-order valence-corrected chi connectivity index (χ4v) is 4.28. The molecule has 0 unspecified atom stereocenters. The summed E-state index contributed by atoms with van der Waals surface area (Å²) in [6.45, 7) is 9.92. The van der Waals surface area contributed by atoms with Crippen LogP contribution in [0.4, 0.5) is 4.79 Å². The minimum absolute atomic E-state index is 0.134. The number of aromatic hydroxyl groups is 1. The van der Waals surface area contributed by atoms with Crippen molar-refractivity contribution in [3.05, 3.63) is 34.5 Å². The number of benzene rings is 1. The molecule has 0 spiro atoms. The molecule has 1 aromatic carbocycles. The lowest BCUT2D eigenvalue weighted by Gasteiger charge is -2.16. The highest BCUT2D eigenvalue weighted by Gasteiger charge is 2.31. The fourth-order valence-electron chi connectivity index (χ4n) is 4.28. The summed E-state index contributed by atoms with van der Waals surface area (Å²) in [4.78, 5) is 12.4. The summed E-state index contributed by atoms with van der Waals surface area (Å²) in [5, 5.41) is 11.2. The summed E-state index contributed by atoms with van der Waals surface area (Å²) < 4.78 is 18.0. The average Bonchev–Trinajstić information content (AvgIpc) is 3.02. The van der Waals surface area contributed by atoms with Gasteiger partial charge in [-0.15, -0.1) is 0 Å². The summed E-state index contributed by atoms with van der Waals surface area (Å²) in [5.41, 5.74) is 5.91. The van der Waals surface area contributed by atoms with Crippen LogP contribution in [-0.4, -0.2) is 35.6 Å². The highest BCUT2D eigenvalue weighted by atomic mass is 16.7. The Morgan fingerprint density at radius 2 is 1.77 bits per heavy atom. The van der Waals surface area contributed by atoms with Crippen molar-refractivity contribution < 1.29 is 24.1 Å². The van der Waals surface area contributed by atoms with Crippen molar-refractivity contribution in [3.8, 4) is 22.8 Å². The Morgan fingerprint density at radius 1 is 1.07 bits per heavy atom. The number of carbonyl (C=O) groups excluding carboxylic acids is 1. The van der Waals surface area contributed by atoms with Gasteiger partial charge < -0.3 is 23.9 Å². The van der Waals surface area contributed by atoms with Gasteiger partial charge in [-0.05, 0) is 62.6 Å². The molecule has 0 atom stereocenters. The molecule has 164 valence electrons. The second-order valence-corrected chi connectivity index (χ2v) is 7.65. The minimum atomic E-state index is -0.766. The van der Waals surface area contributed by atoms with Crippen LogP contribution >= 0.6 is 0 Å². The summed E-state index contributed by atoms with van der Waals surface area (Å²) in [6, 6.07) is 4.30. The molecule has 30 heavy (non-hydrogen) atoms. The van der Waals surface area contributed by atoms with Crippen LogP contribution in [-0.2, 0) is 35.3 Å². The van der Waals surface area contributed by atoms with E-state index in [2.05, 4.69) is 32.9 Å². The third-order valence-corrected chi connectivity index (χ3v) is 5.63. The molecule has 3 rings (SSSR count). The van der Waals surface area contributed by atoms with E-state index in [4.69, 9.17) is 14.2 Å². The van der Waals surface area contributed by atoms with Crippen molar-refractivity contribution in [3.63, 3.8) is 0 Å². The minimum Gasteiger partial charge on any atom is -0.494 e. The second kappa shape index (κ2) is 10.0. The van der Waals surface area contributed by atoms with E-state index in [0.29, 0.717) is 31.1 Å².